The van der Waals surface area contributed by atoms with Gasteiger partial charge in [-0.1, -0.05) is 0 Å². The molecule has 1 N–H and O–H groups in total. The zero-order valence-electron chi connectivity index (χ0n) is 9.93. The van der Waals surface area contributed by atoms with E-state index in [0.717, 1.165) is 30.4 Å². The van der Waals surface area contributed by atoms with Crippen molar-refractivity contribution in [3.05, 3.63) is 12.2 Å². The summed E-state index contributed by atoms with van der Waals surface area (Å²) in [4.78, 5) is 17.8. The van der Waals surface area contributed by atoms with Crippen molar-refractivity contribution in [2.24, 2.45) is 7.05 Å². The fraction of sp³-hybridized carbons (Fsp3) is 0.700. The van der Waals surface area contributed by atoms with Crippen LogP contribution >= 0.6 is 11.8 Å². The van der Waals surface area contributed by atoms with Crippen LogP contribution in [0.1, 0.15) is 5.82 Å². The SMILES string of the molecule is Cn1ncnc1CCNC(=O)N1CCSCC1. The largest absolute Gasteiger partial charge is 0.338 e. The molecule has 17 heavy (non-hydrogen) atoms. The summed E-state index contributed by atoms with van der Waals surface area (Å²) in [5.74, 6) is 2.97. The summed E-state index contributed by atoms with van der Waals surface area (Å²) in [6.07, 6.45) is 2.24. The van der Waals surface area contributed by atoms with Gasteiger partial charge in [0.05, 0.1) is 0 Å². The first-order valence-electron chi connectivity index (χ1n) is 5.71. The molecule has 1 saturated heterocycles. The van der Waals surface area contributed by atoms with Gasteiger partial charge in [-0.05, 0) is 0 Å². The molecular weight excluding hydrogens is 238 g/mol. The second-order valence-corrected chi connectivity index (χ2v) is 5.11. The number of nitrogens with zero attached hydrogens (tertiary/aromatic N) is 4. The molecule has 7 heteroatoms. The lowest BCUT2D eigenvalue weighted by Crippen LogP contribution is -2.44. The van der Waals surface area contributed by atoms with Crippen LogP contribution in [0.3, 0.4) is 0 Å². The number of hydrogen-bond acceptors (Lipinski definition) is 4. The number of thioether (sulfide) groups is 1. The fourth-order valence-corrected chi connectivity index (χ4v) is 2.61. The molecule has 1 aliphatic heterocycles. The van der Waals surface area contributed by atoms with E-state index in [1.807, 2.05) is 23.7 Å². The maximum absolute atomic E-state index is 11.8. The lowest BCUT2D eigenvalue weighted by Gasteiger charge is -2.26. The van der Waals surface area contributed by atoms with E-state index in [0.29, 0.717) is 13.0 Å². The highest BCUT2D eigenvalue weighted by Gasteiger charge is 2.15. The second kappa shape index (κ2) is 5.90. The quantitative estimate of drug-likeness (QED) is 0.833. The highest BCUT2D eigenvalue weighted by molar-refractivity contribution is 7.99. The summed E-state index contributed by atoms with van der Waals surface area (Å²) in [5.41, 5.74) is 0. The minimum absolute atomic E-state index is 0.0347. The Morgan fingerprint density at radius 2 is 2.29 bits per heavy atom. The van der Waals surface area contributed by atoms with Crippen molar-refractivity contribution in [3.8, 4) is 0 Å². The van der Waals surface area contributed by atoms with E-state index < -0.39 is 0 Å². The van der Waals surface area contributed by atoms with Gasteiger partial charge in [-0.3, -0.25) is 4.68 Å². The van der Waals surface area contributed by atoms with Gasteiger partial charge in [-0.2, -0.15) is 16.9 Å². The molecule has 94 valence electrons. The predicted molar refractivity (Wildman–Crippen MR) is 67.0 cm³/mol. The third-order valence-electron chi connectivity index (χ3n) is 2.73. The first kappa shape index (κ1) is 12.2. The highest BCUT2D eigenvalue weighted by Crippen LogP contribution is 2.08. The van der Waals surface area contributed by atoms with Gasteiger partial charge in [0, 0.05) is 44.6 Å². The number of carbonyl (C=O) groups is 1. The molecule has 1 aliphatic rings. The molecule has 2 amide bonds. The van der Waals surface area contributed by atoms with Crippen molar-refractivity contribution in [1.29, 1.82) is 0 Å². The van der Waals surface area contributed by atoms with Crippen molar-refractivity contribution in [2.45, 2.75) is 6.42 Å². The number of carbonyl (C=O) groups excluding carboxylic acids is 1. The monoisotopic (exact) mass is 255 g/mol. The van der Waals surface area contributed by atoms with Gasteiger partial charge in [0.2, 0.25) is 0 Å². The van der Waals surface area contributed by atoms with E-state index in [4.69, 9.17) is 0 Å². The number of urea groups is 1. The maximum Gasteiger partial charge on any atom is 0.317 e. The molecule has 0 aliphatic carbocycles. The lowest BCUT2D eigenvalue weighted by atomic mass is 10.4. The van der Waals surface area contributed by atoms with Crippen LogP contribution in [-0.4, -0.2) is 56.8 Å². The molecule has 0 radical (unpaired) electrons. The summed E-state index contributed by atoms with van der Waals surface area (Å²) in [5, 5.41) is 6.90. The molecule has 0 bridgehead atoms. The third-order valence-corrected chi connectivity index (χ3v) is 3.67. The van der Waals surface area contributed by atoms with Crippen LogP contribution < -0.4 is 5.32 Å². The molecule has 1 aromatic heterocycles. The van der Waals surface area contributed by atoms with Crippen LogP contribution in [-0.2, 0) is 13.5 Å². The molecule has 0 unspecified atom stereocenters. The van der Waals surface area contributed by atoms with Crippen molar-refractivity contribution in [1.82, 2.24) is 25.0 Å². The Hall–Kier alpha value is -1.24. The Balaban J connectivity index is 1.71. The van der Waals surface area contributed by atoms with Crippen molar-refractivity contribution >= 4 is 17.8 Å². The molecule has 0 aromatic carbocycles. The Morgan fingerprint density at radius 3 is 2.94 bits per heavy atom. The zero-order valence-corrected chi connectivity index (χ0v) is 10.7. The smallest absolute Gasteiger partial charge is 0.317 e. The Bertz CT molecular complexity index is 375. The van der Waals surface area contributed by atoms with E-state index in [-0.39, 0.29) is 6.03 Å². The highest BCUT2D eigenvalue weighted by atomic mass is 32.2. The van der Waals surface area contributed by atoms with E-state index in [1.165, 1.54) is 6.33 Å². The first-order chi connectivity index (χ1) is 8.27. The number of aromatic nitrogens is 3. The maximum atomic E-state index is 11.8. The average Bonchev–Trinajstić information content (AvgIpc) is 2.76. The number of nitrogens with one attached hydrogen (secondary N) is 1. The summed E-state index contributed by atoms with van der Waals surface area (Å²) in [7, 11) is 1.85. The predicted octanol–water partition coefficient (Wildman–Crippen LogP) is 0.116. The topological polar surface area (TPSA) is 63.1 Å². The van der Waals surface area contributed by atoms with Gasteiger partial charge in [-0.25, -0.2) is 9.78 Å². The van der Waals surface area contributed by atoms with Crippen LogP contribution in [0.2, 0.25) is 0 Å². The van der Waals surface area contributed by atoms with Crippen molar-refractivity contribution < 1.29 is 4.79 Å². The van der Waals surface area contributed by atoms with Crippen LogP contribution in [0.4, 0.5) is 4.79 Å². The van der Waals surface area contributed by atoms with Gasteiger partial charge in [0.15, 0.2) is 0 Å². The lowest BCUT2D eigenvalue weighted by molar-refractivity contribution is 0.203. The van der Waals surface area contributed by atoms with Gasteiger partial charge in [0.25, 0.3) is 0 Å². The Morgan fingerprint density at radius 1 is 1.53 bits per heavy atom. The Labute approximate surface area is 105 Å². The molecule has 0 saturated carbocycles. The molecular formula is C10H17N5OS. The van der Waals surface area contributed by atoms with E-state index in [9.17, 15) is 4.79 Å². The molecule has 2 heterocycles. The number of aryl methyl sites for hydroxylation is 1. The fourth-order valence-electron chi connectivity index (χ4n) is 1.71. The summed E-state index contributed by atoms with van der Waals surface area (Å²) in [6.45, 7) is 2.30. The van der Waals surface area contributed by atoms with E-state index in [2.05, 4.69) is 15.4 Å². The summed E-state index contributed by atoms with van der Waals surface area (Å²) < 4.78 is 1.73. The molecule has 0 atom stereocenters. The average molecular weight is 255 g/mol. The van der Waals surface area contributed by atoms with Crippen LogP contribution in [0, 0.1) is 0 Å². The normalized spacial score (nSPS) is 15.9. The molecule has 0 spiro atoms. The zero-order chi connectivity index (χ0) is 12.1. The van der Waals surface area contributed by atoms with Gasteiger partial charge >= 0.3 is 6.03 Å². The molecule has 1 aromatic rings. The minimum Gasteiger partial charge on any atom is -0.338 e. The summed E-state index contributed by atoms with van der Waals surface area (Å²) >= 11 is 1.90. The van der Waals surface area contributed by atoms with Gasteiger partial charge in [0.1, 0.15) is 12.2 Å². The van der Waals surface area contributed by atoms with Crippen LogP contribution in [0.5, 0.6) is 0 Å². The van der Waals surface area contributed by atoms with Crippen molar-refractivity contribution in [3.63, 3.8) is 0 Å². The van der Waals surface area contributed by atoms with Gasteiger partial charge < -0.3 is 10.2 Å². The van der Waals surface area contributed by atoms with E-state index in [1.54, 1.807) is 4.68 Å². The van der Waals surface area contributed by atoms with Gasteiger partial charge in [-0.15, -0.1) is 0 Å². The molecule has 1 fully saturated rings. The molecule has 6 nitrogen and oxygen atoms in total. The van der Waals surface area contributed by atoms with Crippen LogP contribution in [0.15, 0.2) is 6.33 Å². The Kier molecular flexibility index (Phi) is 4.24. The molecule has 2 rings (SSSR count). The summed E-state index contributed by atoms with van der Waals surface area (Å²) in [6, 6.07) is 0.0347. The number of hydrogen-bond donors (Lipinski definition) is 1. The van der Waals surface area contributed by atoms with Crippen LogP contribution in [0.25, 0.3) is 0 Å². The third kappa shape index (κ3) is 3.36. The standard InChI is InChI=1S/C10H17N5OS/c1-14-9(12-8-13-14)2-3-11-10(16)15-4-6-17-7-5-15/h8H,2-7H2,1H3,(H,11,16). The van der Waals surface area contributed by atoms with E-state index >= 15 is 0 Å². The number of rotatable bonds is 3. The second-order valence-electron chi connectivity index (χ2n) is 3.88. The van der Waals surface area contributed by atoms with Crippen molar-refractivity contribution in [2.75, 3.05) is 31.1 Å². The number of amides is 2. The first-order valence-corrected chi connectivity index (χ1v) is 6.86. The minimum atomic E-state index is 0.0347.